The lowest BCUT2D eigenvalue weighted by Crippen LogP contribution is -2.23. The molecule has 5 nitrogen and oxygen atoms in total. The summed E-state index contributed by atoms with van der Waals surface area (Å²) in [7, 11) is 0. The van der Waals surface area contributed by atoms with Gasteiger partial charge >= 0.3 is 0 Å². The molecule has 1 atom stereocenters. The van der Waals surface area contributed by atoms with E-state index in [1.165, 1.54) is 12.0 Å². The van der Waals surface area contributed by atoms with Crippen LogP contribution in [-0.4, -0.2) is 41.0 Å². The summed E-state index contributed by atoms with van der Waals surface area (Å²) in [6, 6.07) is 0. The lowest BCUT2D eigenvalue weighted by molar-refractivity contribution is 0.317. The summed E-state index contributed by atoms with van der Waals surface area (Å²) >= 11 is 0. The average Bonchev–Trinajstić information content (AvgIpc) is 2.86. The number of anilines is 1. The lowest BCUT2D eigenvalue weighted by atomic mass is 10.1. The van der Waals surface area contributed by atoms with Gasteiger partial charge in [-0.15, -0.1) is 0 Å². The molecule has 2 rings (SSSR count). The molecule has 1 aliphatic heterocycles. The monoisotopic (exact) mass is 249 g/mol. The van der Waals surface area contributed by atoms with Gasteiger partial charge in [-0.25, -0.2) is 9.97 Å². The molecule has 5 heteroatoms. The van der Waals surface area contributed by atoms with Gasteiger partial charge in [-0.2, -0.15) is 0 Å². The van der Waals surface area contributed by atoms with Crippen LogP contribution in [0.15, 0.2) is 12.4 Å². The first-order valence-corrected chi connectivity index (χ1v) is 6.79. The second kappa shape index (κ2) is 6.66. The van der Waals surface area contributed by atoms with E-state index in [0.717, 1.165) is 45.1 Å². The lowest BCUT2D eigenvalue weighted by Gasteiger charge is -2.15. The van der Waals surface area contributed by atoms with Crippen LogP contribution >= 0.6 is 0 Å². The van der Waals surface area contributed by atoms with E-state index in [2.05, 4.69) is 27.1 Å². The van der Waals surface area contributed by atoms with Crippen molar-refractivity contribution in [3.05, 3.63) is 18.0 Å². The van der Waals surface area contributed by atoms with Gasteiger partial charge in [0.15, 0.2) is 0 Å². The summed E-state index contributed by atoms with van der Waals surface area (Å²) in [6.07, 6.45) is 6.13. The minimum atomic E-state index is 0.663. The minimum Gasteiger partial charge on any atom is -0.354 e. The Morgan fingerprint density at radius 1 is 1.44 bits per heavy atom. The number of hydrogen-bond donors (Lipinski definition) is 2. The number of nitrogens with zero attached hydrogens (tertiary/aromatic N) is 3. The zero-order chi connectivity index (χ0) is 12.8. The Labute approximate surface area is 109 Å². The first kappa shape index (κ1) is 13.2. The van der Waals surface area contributed by atoms with Crippen molar-refractivity contribution in [2.75, 3.05) is 31.5 Å². The third kappa shape index (κ3) is 3.65. The summed E-state index contributed by atoms with van der Waals surface area (Å²) in [5, 5.41) is 3.18. The fourth-order valence-electron chi connectivity index (χ4n) is 2.27. The van der Waals surface area contributed by atoms with Crippen molar-refractivity contribution in [3.63, 3.8) is 0 Å². The van der Waals surface area contributed by atoms with Crippen LogP contribution in [0, 0.1) is 5.92 Å². The molecule has 1 fully saturated rings. The van der Waals surface area contributed by atoms with Gasteiger partial charge in [0.25, 0.3) is 0 Å². The fourth-order valence-corrected chi connectivity index (χ4v) is 2.27. The van der Waals surface area contributed by atoms with E-state index >= 15 is 0 Å². The quantitative estimate of drug-likeness (QED) is 0.789. The van der Waals surface area contributed by atoms with E-state index in [4.69, 9.17) is 5.73 Å². The Morgan fingerprint density at radius 2 is 2.22 bits per heavy atom. The number of nitrogens with two attached hydrogens (primary N) is 1. The van der Waals surface area contributed by atoms with Crippen LogP contribution in [-0.2, 0) is 6.54 Å². The molecule has 2 heterocycles. The molecule has 0 aliphatic carbocycles. The molecule has 0 spiro atoms. The number of likely N-dealkylation sites (tertiary alicyclic amines) is 1. The standard InChI is InChI=1S/C13H23N5/c1-2-4-15-13-16-7-12(8-17-13)10-18-5-3-11(6-14)9-18/h7-8,11H,2-6,9-10,14H2,1H3,(H,15,16,17)/t11-/m0/s1. The molecule has 1 saturated heterocycles. The summed E-state index contributed by atoms with van der Waals surface area (Å²) in [6.45, 7) is 7.02. The van der Waals surface area contributed by atoms with Crippen LogP contribution in [0.4, 0.5) is 5.95 Å². The van der Waals surface area contributed by atoms with Crippen molar-refractivity contribution >= 4 is 5.95 Å². The summed E-state index contributed by atoms with van der Waals surface area (Å²) < 4.78 is 0. The zero-order valence-corrected chi connectivity index (χ0v) is 11.1. The molecular formula is C13H23N5. The second-order valence-electron chi connectivity index (χ2n) is 4.97. The van der Waals surface area contributed by atoms with Gasteiger partial charge in [0, 0.05) is 37.6 Å². The van der Waals surface area contributed by atoms with E-state index < -0.39 is 0 Å². The molecule has 0 radical (unpaired) electrons. The van der Waals surface area contributed by atoms with Gasteiger partial charge in [-0.05, 0) is 31.8 Å². The highest BCUT2D eigenvalue weighted by Gasteiger charge is 2.21. The highest BCUT2D eigenvalue weighted by molar-refractivity contribution is 5.24. The molecule has 18 heavy (non-hydrogen) atoms. The van der Waals surface area contributed by atoms with Crippen LogP contribution in [0.25, 0.3) is 0 Å². The van der Waals surface area contributed by atoms with Crippen LogP contribution in [0.5, 0.6) is 0 Å². The second-order valence-corrected chi connectivity index (χ2v) is 4.97. The van der Waals surface area contributed by atoms with E-state index in [1.807, 2.05) is 12.4 Å². The van der Waals surface area contributed by atoms with Crippen molar-refractivity contribution in [1.82, 2.24) is 14.9 Å². The van der Waals surface area contributed by atoms with Crippen molar-refractivity contribution in [3.8, 4) is 0 Å². The first-order chi connectivity index (χ1) is 8.81. The zero-order valence-electron chi connectivity index (χ0n) is 11.1. The van der Waals surface area contributed by atoms with Crippen molar-refractivity contribution in [1.29, 1.82) is 0 Å². The number of hydrogen-bond acceptors (Lipinski definition) is 5. The van der Waals surface area contributed by atoms with Crippen LogP contribution in [0.2, 0.25) is 0 Å². The molecule has 0 aromatic carbocycles. The number of aromatic nitrogens is 2. The Morgan fingerprint density at radius 3 is 2.83 bits per heavy atom. The Hall–Kier alpha value is -1.20. The maximum Gasteiger partial charge on any atom is 0.222 e. The molecule has 0 unspecified atom stereocenters. The topological polar surface area (TPSA) is 67.1 Å². The summed E-state index contributed by atoms with van der Waals surface area (Å²) in [5.41, 5.74) is 6.87. The molecule has 0 saturated carbocycles. The van der Waals surface area contributed by atoms with Crippen LogP contribution in [0.3, 0.4) is 0 Å². The van der Waals surface area contributed by atoms with Gasteiger partial charge in [0.05, 0.1) is 0 Å². The third-order valence-corrected chi connectivity index (χ3v) is 3.35. The largest absolute Gasteiger partial charge is 0.354 e. The maximum atomic E-state index is 5.70. The van der Waals surface area contributed by atoms with Gasteiger partial charge in [-0.3, -0.25) is 4.90 Å². The average molecular weight is 249 g/mol. The fraction of sp³-hybridized carbons (Fsp3) is 0.692. The highest BCUT2D eigenvalue weighted by Crippen LogP contribution is 2.17. The molecule has 0 bridgehead atoms. The Bertz CT molecular complexity index is 351. The van der Waals surface area contributed by atoms with Gasteiger partial charge in [-0.1, -0.05) is 6.92 Å². The number of nitrogens with one attached hydrogen (secondary N) is 1. The predicted octanol–water partition coefficient (Wildman–Crippen LogP) is 1.08. The van der Waals surface area contributed by atoms with E-state index in [9.17, 15) is 0 Å². The molecule has 1 aromatic heterocycles. The summed E-state index contributed by atoms with van der Waals surface area (Å²) in [5.74, 6) is 1.39. The van der Waals surface area contributed by atoms with Crippen LogP contribution in [0.1, 0.15) is 25.3 Å². The Kier molecular flexibility index (Phi) is 4.90. The van der Waals surface area contributed by atoms with E-state index in [1.54, 1.807) is 0 Å². The predicted molar refractivity (Wildman–Crippen MR) is 73.3 cm³/mol. The SMILES string of the molecule is CCCNc1ncc(CN2CC[C@@H](CN)C2)cn1. The minimum absolute atomic E-state index is 0.663. The highest BCUT2D eigenvalue weighted by atomic mass is 15.2. The van der Waals surface area contributed by atoms with Gasteiger partial charge in [0.1, 0.15) is 0 Å². The first-order valence-electron chi connectivity index (χ1n) is 6.79. The normalized spacial score (nSPS) is 20.2. The Balaban J connectivity index is 1.83. The molecule has 1 aromatic rings. The molecule has 1 aliphatic rings. The van der Waals surface area contributed by atoms with E-state index in [-0.39, 0.29) is 0 Å². The third-order valence-electron chi connectivity index (χ3n) is 3.35. The maximum absolute atomic E-state index is 5.70. The molecular weight excluding hydrogens is 226 g/mol. The smallest absolute Gasteiger partial charge is 0.222 e. The van der Waals surface area contributed by atoms with Crippen molar-refractivity contribution < 1.29 is 0 Å². The van der Waals surface area contributed by atoms with Gasteiger partial charge in [0.2, 0.25) is 5.95 Å². The summed E-state index contributed by atoms with van der Waals surface area (Å²) in [4.78, 5) is 11.1. The molecule has 100 valence electrons. The van der Waals surface area contributed by atoms with E-state index in [0.29, 0.717) is 5.92 Å². The van der Waals surface area contributed by atoms with Gasteiger partial charge < -0.3 is 11.1 Å². The van der Waals surface area contributed by atoms with Crippen molar-refractivity contribution in [2.24, 2.45) is 11.7 Å². The number of rotatable bonds is 6. The van der Waals surface area contributed by atoms with Crippen LogP contribution < -0.4 is 11.1 Å². The molecule has 3 N–H and O–H groups in total. The van der Waals surface area contributed by atoms with Crippen molar-refractivity contribution in [2.45, 2.75) is 26.3 Å². The molecule has 0 amide bonds.